The van der Waals surface area contributed by atoms with Crippen LogP contribution in [0.2, 0.25) is 0 Å². The second-order valence-electron chi connectivity index (χ2n) is 16.3. The highest BCUT2D eigenvalue weighted by Crippen LogP contribution is 2.19. The van der Waals surface area contributed by atoms with Crippen molar-refractivity contribution in [1.82, 2.24) is 36.8 Å². The Hall–Kier alpha value is -7.13. The molecule has 27 nitrogen and oxygen atoms in total. The number of phenolic OH excluding ortho intramolecular Hbond substituents is 1. The second kappa shape index (κ2) is 30.3. The van der Waals surface area contributed by atoms with E-state index >= 15 is 0 Å². The molecule has 7 atom stereocenters. The Balaban J connectivity index is 2.40. The Kier molecular flexibility index (Phi) is 25.5. The van der Waals surface area contributed by atoms with Crippen LogP contribution in [0.1, 0.15) is 82.6 Å². The molecular formula is C42H67N13O14. The lowest BCUT2D eigenvalue weighted by Crippen LogP contribution is -2.59. The Morgan fingerprint density at radius 1 is 0.652 bits per heavy atom. The molecule has 0 saturated carbocycles. The maximum absolute atomic E-state index is 14.2. The van der Waals surface area contributed by atoms with Gasteiger partial charge in [0.1, 0.15) is 42.0 Å². The summed E-state index contributed by atoms with van der Waals surface area (Å²) in [6, 6.07) is -4.36. The first-order valence-corrected chi connectivity index (χ1v) is 22.4. The molecule has 384 valence electrons. The summed E-state index contributed by atoms with van der Waals surface area (Å²) in [5, 5.41) is 52.8. The van der Waals surface area contributed by atoms with Crippen molar-refractivity contribution in [3.63, 3.8) is 0 Å². The van der Waals surface area contributed by atoms with Gasteiger partial charge in [-0.3, -0.25) is 48.1 Å². The molecule has 1 aromatic rings. The minimum atomic E-state index is -1.68. The zero-order valence-electron chi connectivity index (χ0n) is 38.2. The predicted octanol–water partition coefficient (Wildman–Crippen LogP) is -4.86. The number of aliphatic imine (C=N–C) groups is 1. The molecule has 7 amide bonds. The van der Waals surface area contributed by atoms with Gasteiger partial charge in [-0.2, -0.15) is 0 Å². The third kappa shape index (κ3) is 21.6. The molecule has 0 radical (unpaired) electrons. The first-order valence-electron chi connectivity index (χ1n) is 22.4. The Morgan fingerprint density at radius 2 is 1.16 bits per heavy atom. The summed E-state index contributed by atoms with van der Waals surface area (Å²) < 4.78 is 0. The third-order valence-corrected chi connectivity index (χ3v) is 10.7. The number of aliphatic carboxylic acids is 3. The largest absolute Gasteiger partial charge is 0.508 e. The van der Waals surface area contributed by atoms with E-state index in [1.807, 2.05) is 0 Å². The van der Waals surface area contributed by atoms with E-state index in [-0.39, 0.29) is 82.8 Å². The molecule has 27 heteroatoms. The summed E-state index contributed by atoms with van der Waals surface area (Å²) in [5.74, 6) is -10.9. The number of guanidine groups is 1. The van der Waals surface area contributed by atoms with E-state index in [9.17, 15) is 63.3 Å². The molecule has 1 aliphatic heterocycles. The number of carbonyl (C=O) groups excluding carboxylic acids is 7. The van der Waals surface area contributed by atoms with Crippen molar-refractivity contribution < 1.29 is 68.4 Å². The summed E-state index contributed by atoms with van der Waals surface area (Å²) in [7, 11) is 0. The van der Waals surface area contributed by atoms with Gasteiger partial charge in [-0.05, 0) is 95.0 Å². The standard InChI is InChI=1S/C42H67N13O14/c43-15-3-1-7-26(51-35(62)25(45)20-33(58)59)37(64)53-28(9-5-17-48-42(46)47)38(65)52-27(8-2-4-16-44)39(66)54-29(19-23-11-13-24(56)14-12-23)36(63)49-22-32(57)50-30(21-34(60)61)40(67)55-18-6-10-31(55)41(68)69/h11-14,25-31,56H,1-10,15-22,43-45H2,(H,49,63)(H,50,57)(H,51,62)(H,52,65)(H,53,64)(H,54,66)(H,58,59)(H,60,61)(H,68,69)(H4,46,47,48). The third-order valence-electron chi connectivity index (χ3n) is 10.7. The number of likely N-dealkylation sites (tertiary alicyclic amines) is 1. The molecule has 0 spiro atoms. The number of carbonyl (C=O) groups is 10. The van der Waals surface area contributed by atoms with Crippen LogP contribution in [0.3, 0.4) is 0 Å². The topological polar surface area (TPSA) is 470 Å². The van der Waals surface area contributed by atoms with Crippen LogP contribution in [-0.2, 0) is 54.4 Å². The average molecular weight is 978 g/mol. The average Bonchev–Trinajstić information content (AvgIpc) is 3.79. The number of rotatable bonds is 32. The number of carboxylic acid groups (broad SMARTS) is 3. The molecule has 1 fully saturated rings. The van der Waals surface area contributed by atoms with Gasteiger partial charge in [-0.25, -0.2) is 4.79 Å². The second-order valence-corrected chi connectivity index (χ2v) is 16.3. The minimum absolute atomic E-state index is 0.0163. The van der Waals surface area contributed by atoms with Crippen molar-refractivity contribution in [1.29, 1.82) is 0 Å². The van der Waals surface area contributed by atoms with Crippen LogP contribution in [0.15, 0.2) is 29.3 Å². The number of nitrogens with two attached hydrogens (primary N) is 5. The number of amides is 7. The molecule has 1 heterocycles. The number of carboxylic acids is 3. The molecule has 7 unspecified atom stereocenters. The van der Waals surface area contributed by atoms with Gasteiger partial charge in [-0.1, -0.05) is 12.1 Å². The molecule has 0 aliphatic carbocycles. The van der Waals surface area contributed by atoms with Crippen molar-refractivity contribution in [2.24, 2.45) is 33.7 Å². The molecule has 2 rings (SSSR count). The lowest BCUT2D eigenvalue weighted by molar-refractivity contribution is -0.150. The van der Waals surface area contributed by atoms with Gasteiger partial charge in [0.25, 0.3) is 0 Å². The van der Waals surface area contributed by atoms with Crippen LogP contribution in [0, 0.1) is 0 Å². The first-order chi connectivity index (χ1) is 32.7. The van der Waals surface area contributed by atoms with E-state index in [1.54, 1.807) is 0 Å². The Bertz CT molecular complexity index is 1970. The lowest BCUT2D eigenvalue weighted by atomic mass is 10.0. The number of nitrogens with zero attached hydrogens (tertiary/aromatic N) is 2. The Labute approximate surface area is 397 Å². The quantitative estimate of drug-likeness (QED) is 0.0183. The normalized spacial score (nSPS) is 15.7. The maximum atomic E-state index is 14.2. The summed E-state index contributed by atoms with van der Waals surface area (Å²) >= 11 is 0. The highest BCUT2D eigenvalue weighted by molar-refractivity contribution is 5.98. The van der Waals surface area contributed by atoms with Crippen molar-refractivity contribution in [3.05, 3.63) is 29.8 Å². The number of nitrogens with one attached hydrogen (secondary N) is 6. The molecule has 1 aromatic carbocycles. The van der Waals surface area contributed by atoms with Crippen LogP contribution >= 0.6 is 0 Å². The predicted molar refractivity (Wildman–Crippen MR) is 245 cm³/mol. The van der Waals surface area contributed by atoms with Gasteiger partial charge in [-0.15, -0.1) is 0 Å². The van der Waals surface area contributed by atoms with Crippen LogP contribution in [0.5, 0.6) is 5.75 Å². The smallest absolute Gasteiger partial charge is 0.326 e. The fraction of sp³-hybridized carbons (Fsp3) is 0.595. The first kappa shape index (κ1) is 58.0. The number of unbranched alkanes of at least 4 members (excludes halogenated alkanes) is 2. The molecule has 1 aliphatic rings. The van der Waals surface area contributed by atoms with Crippen LogP contribution in [0.4, 0.5) is 0 Å². The van der Waals surface area contributed by atoms with Crippen molar-refractivity contribution in [2.75, 3.05) is 32.7 Å². The zero-order valence-corrected chi connectivity index (χ0v) is 38.2. The van der Waals surface area contributed by atoms with Crippen LogP contribution in [-0.4, -0.2) is 166 Å². The van der Waals surface area contributed by atoms with Gasteiger partial charge < -0.3 is 85.9 Å². The summed E-state index contributed by atoms with van der Waals surface area (Å²) in [6.45, 7) is -0.323. The lowest BCUT2D eigenvalue weighted by Gasteiger charge is -2.27. The van der Waals surface area contributed by atoms with Crippen molar-refractivity contribution >= 4 is 65.2 Å². The van der Waals surface area contributed by atoms with E-state index < -0.39 is 121 Å². The molecule has 1 saturated heterocycles. The molecular weight excluding hydrogens is 911 g/mol. The van der Waals surface area contributed by atoms with Gasteiger partial charge >= 0.3 is 17.9 Å². The van der Waals surface area contributed by atoms with E-state index in [2.05, 4.69) is 36.9 Å². The van der Waals surface area contributed by atoms with E-state index in [1.165, 1.54) is 24.3 Å². The van der Waals surface area contributed by atoms with Crippen LogP contribution < -0.4 is 60.6 Å². The minimum Gasteiger partial charge on any atom is -0.508 e. The molecule has 20 N–H and O–H groups in total. The summed E-state index contributed by atoms with van der Waals surface area (Å²) in [4.78, 5) is 134. The van der Waals surface area contributed by atoms with E-state index in [0.29, 0.717) is 31.2 Å². The van der Waals surface area contributed by atoms with E-state index in [4.69, 9.17) is 33.8 Å². The van der Waals surface area contributed by atoms with Gasteiger partial charge in [0, 0.05) is 19.5 Å². The highest BCUT2D eigenvalue weighted by atomic mass is 16.4. The monoisotopic (exact) mass is 977 g/mol. The summed E-state index contributed by atoms with van der Waals surface area (Å²) in [5.41, 5.74) is 28.4. The van der Waals surface area contributed by atoms with Crippen molar-refractivity contribution in [2.45, 2.75) is 126 Å². The zero-order chi connectivity index (χ0) is 51.6. The molecule has 69 heavy (non-hydrogen) atoms. The highest BCUT2D eigenvalue weighted by Gasteiger charge is 2.39. The fourth-order valence-electron chi connectivity index (χ4n) is 7.15. The number of aromatic hydroxyl groups is 1. The van der Waals surface area contributed by atoms with Gasteiger partial charge in [0.05, 0.1) is 25.4 Å². The van der Waals surface area contributed by atoms with E-state index in [0.717, 1.165) is 4.90 Å². The number of benzene rings is 1. The maximum Gasteiger partial charge on any atom is 0.326 e. The van der Waals surface area contributed by atoms with Gasteiger partial charge in [0.15, 0.2) is 5.96 Å². The Morgan fingerprint density at radius 3 is 1.65 bits per heavy atom. The summed E-state index contributed by atoms with van der Waals surface area (Å²) in [6.07, 6.45) is 0.118. The number of hydrogen-bond donors (Lipinski definition) is 15. The van der Waals surface area contributed by atoms with Crippen molar-refractivity contribution in [3.8, 4) is 5.75 Å². The fourth-order valence-corrected chi connectivity index (χ4v) is 7.15. The van der Waals surface area contributed by atoms with Crippen LogP contribution in [0.25, 0.3) is 0 Å². The number of phenols is 1. The molecule has 0 bridgehead atoms. The van der Waals surface area contributed by atoms with Gasteiger partial charge in [0.2, 0.25) is 41.4 Å². The molecule has 0 aromatic heterocycles. The number of hydrogen-bond acceptors (Lipinski definition) is 15. The SMILES string of the molecule is NCCCCC(NC(=O)C(N)CC(=O)O)C(=O)NC(CCCN=C(N)N)C(=O)NC(CCCCN)C(=O)NC(Cc1ccc(O)cc1)C(=O)NCC(=O)NC(CC(=O)O)C(=O)N1CCCC1C(=O)O.